The normalized spacial score (nSPS) is 13.0. The van der Waals surface area contributed by atoms with E-state index < -0.39 is 0 Å². The van der Waals surface area contributed by atoms with Crippen LogP contribution in [0.3, 0.4) is 0 Å². The van der Waals surface area contributed by atoms with E-state index in [2.05, 4.69) is 27.1 Å². The lowest BCUT2D eigenvalue weighted by atomic mass is 10.1. The fourth-order valence-electron chi connectivity index (χ4n) is 2.00. The van der Waals surface area contributed by atoms with E-state index in [0.29, 0.717) is 12.5 Å². The largest absolute Gasteiger partial charge is 0.375 e. The SMILES string of the molecule is CN=C(NCc1ccsc1)NCC(OC)c1ccc(F)cc1. The number of guanidine groups is 1. The van der Waals surface area contributed by atoms with Gasteiger partial charge >= 0.3 is 0 Å². The minimum atomic E-state index is -0.250. The summed E-state index contributed by atoms with van der Waals surface area (Å²) >= 11 is 1.67. The Morgan fingerprint density at radius 2 is 2.05 bits per heavy atom. The quantitative estimate of drug-likeness (QED) is 0.635. The maximum atomic E-state index is 13.0. The van der Waals surface area contributed by atoms with Gasteiger partial charge in [-0.2, -0.15) is 11.3 Å². The zero-order valence-electron chi connectivity index (χ0n) is 12.7. The molecule has 2 N–H and O–H groups in total. The average Bonchev–Trinajstić information content (AvgIpc) is 3.05. The average molecular weight is 321 g/mol. The molecule has 1 aromatic heterocycles. The molecule has 1 aromatic carbocycles. The van der Waals surface area contributed by atoms with E-state index in [-0.39, 0.29) is 11.9 Å². The van der Waals surface area contributed by atoms with Gasteiger partial charge in [0.15, 0.2) is 5.96 Å². The zero-order chi connectivity index (χ0) is 15.8. The van der Waals surface area contributed by atoms with Gasteiger partial charge in [-0.1, -0.05) is 12.1 Å². The molecular weight excluding hydrogens is 301 g/mol. The maximum absolute atomic E-state index is 13.0. The molecule has 6 heteroatoms. The van der Waals surface area contributed by atoms with E-state index >= 15 is 0 Å². The lowest BCUT2D eigenvalue weighted by Gasteiger charge is -2.18. The van der Waals surface area contributed by atoms with Gasteiger partial charge in [-0.3, -0.25) is 4.99 Å². The number of nitrogens with zero attached hydrogens (tertiary/aromatic N) is 1. The first-order chi connectivity index (χ1) is 10.7. The van der Waals surface area contributed by atoms with Crippen LogP contribution in [-0.4, -0.2) is 26.7 Å². The van der Waals surface area contributed by atoms with Crippen molar-refractivity contribution < 1.29 is 9.13 Å². The van der Waals surface area contributed by atoms with Crippen LogP contribution in [0, 0.1) is 5.82 Å². The molecule has 0 amide bonds. The molecule has 0 aliphatic carbocycles. The number of benzene rings is 1. The Kier molecular flexibility index (Phi) is 6.36. The van der Waals surface area contributed by atoms with Crippen LogP contribution in [-0.2, 0) is 11.3 Å². The van der Waals surface area contributed by atoms with Crippen molar-refractivity contribution >= 4 is 17.3 Å². The van der Waals surface area contributed by atoms with Gasteiger partial charge in [-0.15, -0.1) is 0 Å². The first-order valence-corrected chi connectivity index (χ1v) is 7.91. The Balaban J connectivity index is 1.86. The summed E-state index contributed by atoms with van der Waals surface area (Å²) in [7, 11) is 3.36. The van der Waals surface area contributed by atoms with Gasteiger partial charge in [-0.25, -0.2) is 4.39 Å². The second kappa shape index (κ2) is 8.51. The molecule has 118 valence electrons. The molecule has 22 heavy (non-hydrogen) atoms. The standard InChI is InChI=1S/C16H20FN3OS/c1-18-16(19-9-12-7-8-22-11-12)20-10-15(21-2)13-3-5-14(17)6-4-13/h3-8,11,15H,9-10H2,1-2H3,(H2,18,19,20). The molecule has 0 saturated carbocycles. The molecule has 1 unspecified atom stereocenters. The molecule has 1 atom stereocenters. The number of rotatable bonds is 6. The lowest BCUT2D eigenvalue weighted by molar-refractivity contribution is 0.106. The molecular formula is C16H20FN3OS. The summed E-state index contributed by atoms with van der Waals surface area (Å²) in [6.07, 6.45) is -0.166. The summed E-state index contributed by atoms with van der Waals surface area (Å²) in [6.45, 7) is 1.27. The van der Waals surface area contributed by atoms with E-state index in [1.54, 1.807) is 37.6 Å². The third-order valence-electron chi connectivity index (χ3n) is 3.24. The molecule has 0 bridgehead atoms. The fraction of sp³-hybridized carbons (Fsp3) is 0.312. The van der Waals surface area contributed by atoms with Gasteiger partial charge in [0.25, 0.3) is 0 Å². The Bertz CT molecular complexity index is 584. The topological polar surface area (TPSA) is 45.7 Å². The van der Waals surface area contributed by atoms with Crippen molar-refractivity contribution in [3.63, 3.8) is 0 Å². The van der Waals surface area contributed by atoms with Crippen LogP contribution < -0.4 is 10.6 Å². The van der Waals surface area contributed by atoms with Crippen molar-refractivity contribution in [3.05, 3.63) is 58.0 Å². The van der Waals surface area contributed by atoms with Crippen LogP contribution in [0.2, 0.25) is 0 Å². The van der Waals surface area contributed by atoms with E-state index in [1.807, 2.05) is 5.38 Å². The monoisotopic (exact) mass is 321 g/mol. The first kappa shape index (κ1) is 16.5. The molecule has 0 spiro atoms. The Morgan fingerprint density at radius 3 is 2.64 bits per heavy atom. The van der Waals surface area contributed by atoms with Gasteiger partial charge < -0.3 is 15.4 Å². The highest BCUT2D eigenvalue weighted by Gasteiger charge is 2.11. The van der Waals surface area contributed by atoms with Crippen molar-refractivity contribution in [1.29, 1.82) is 0 Å². The number of methoxy groups -OCH3 is 1. The minimum Gasteiger partial charge on any atom is -0.375 e. The highest BCUT2D eigenvalue weighted by atomic mass is 32.1. The Morgan fingerprint density at radius 1 is 1.27 bits per heavy atom. The molecule has 2 rings (SSSR count). The van der Waals surface area contributed by atoms with Gasteiger partial charge in [0.1, 0.15) is 5.82 Å². The van der Waals surface area contributed by atoms with E-state index in [9.17, 15) is 4.39 Å². The summed E-state index contributed by atoms with van der Waals surface area (Å²) in [5.74, 6) is 0.454. The second-order valence-corrected chi connectivity index (χ2v) is 5.49. The molecule has 1 heterocycles. The molecule has 0 aliphatic rings. The summed E-state index contributed by atoms with van der Waals surface area (Å²) in [5.41, 5.74) is 2.14. The van der Waals surface area contributed by atoms with Crippen LogP contribution in [0.5, 0.6) is 0 Å². The minimum absolute atomic E-state index is 0.166. The van der Waals surface area contributed by atoms with Gasteiger partial charge in [-0.05, 0) is 40.1 Å². The molecule has 4 nitrogen and oxygen atoms in total. The van der Waals surface area contributed by atoms with Crippen molar-refractivity contribution in [1.82, 2.24) is 10.6 Å². The summed E-state index contributed by atoms with van der Waals surface area (Å²) in [6, 6.07) is 8.40. The number of aliphatic imine (C=N–C) groups is 1. The molecule has 0 aliphatic heterocycles. The number of hydrogen-bond acceptors (Lipinski definition) is 3. The second-order valence-electron chi connectivity index (χ2n) is 4.71. The van der Waals surface area contributed by atoms with Crippen molar-refractivity contribution in [3.8, 4) is 0 Å². The molecule has 0 radical (unpaired) electrons. The van der Waals surface area contributed by atoms with Crippen molar-refractivity contribution in [2.24, 2.45) is 4.99 Å². The third-order valence-corrected chi connectivity index (χ3v) is 3.98. The van der Waals surface area contributed by atoms with Crippen LogP contribution in [0.25, 0.3) is 0 Å². The summed E-state index contributed by atoms with van der Waals surface area (Å²) in [5, 5.41) is 10.6. The first-order valence-electron chi connectivity index (χ1n) is 6.96. The summed E-state index contributed by atoms with van der Waals surface area (Å²) < 4.78 is 18.4. The fourth-order valence-corrected chi connectivity index (χ4v) is 2.67. The van der Waals surface area contributed by atoms with Crippen LogP contribution in [0.15, 0.2) is 46.1 Å². The number of halogens is 1. The Hall–Kier alpha value is -1.92. The molecule has 2 aromatic rings. The van der Waals surface area contributed by atoms with Crippen molar-refractivity contribution in [2.75, 3.05) is 20.7 Å². The van der Waals surface area contributed by atoms with E-state index in [1.165, 1.54) is 17.7 Å². The number of ether oxygens (including phenoxy) is 1. The predicted molar refractivity (Wildman–Crippen MR) is 88.7 cm³/mol. The number of hydrogen-bond donors (Lipinski definition) is 2. The van der Waals surface area contributed by atoms with Crippen LogP contribution >= 0.6 is 11.3 Å². The maximum Gasteiger partial charge on any atom is 0.191 e. The van der Waals surface area contributed by atoms with Crippen LogP contribution in [0.4, 0.5) is 4.39 Å². The molecule has 0 saturated heterocycles. The summed E-state index contributed by atoms with van der Waals surface area (Å²) in [4.78, 5) is 4.18. The highest BCUT2D eigenvalue weighted by Crippen LogP contribution is 2.16. The zero-order valence-corrected chi connectivity index (χ0v) is 13.5. The van der Waals surface area contributed by atoms with Gasteiger partial charge in [0.05, 0.1) is 6.10 Å². The molecule has 0 fully saturated rings. The third kappa shape index (κ3) is 4.82. The Labute approximate surface area is 134 Å². The lowest BCUT2D eigenvalue weighted by Crippen LogP contribution is -2.39. The number of thiophene rings is 1. The van der Waals surface area contributed by atoms with Crippen LogP contribution in [0.1, 0.15) is 17.2 Å². The van der Waals surface area contributed by atoms with Gasteiger partial charge in [0, 0.05) is 27.2 Å². The van der Waals surface area contributed by atoms with Crippen molar-refractivity contribution in [2.45, 2.75) is 12.6 Å². The smallest absolute Gasteiger partial charge is 0.191 e. The highest BCUT2D eigenvalue weighted by molar-refractivity contribution is 7.07. The number of nitrogens with one attached hydrogen (secondary N) is 2. The predicted octanol–water partition coefficient (Wildman–Crippen LogP) is 2.94. The van der Waals surface area contributed by atoms with Gasteiger partial charge in [0.2, 0.25) is 0 Å². The van der Waals surface area contributed by atoms with E-state index in [4.69, 9.17) is 4.74 Å². The van der Waals surface area contributed by atoms with E-state index in [0.717, 1.165) is 12.1 Å².